The topological polar surface area (TPSA) is 130 Å². The Balaban J connectivity index is 1.85. The molecule has 2 amide bonds. The van der Waals surface area contributed by atoms with Gasteiger partial charge >= 0.3 is 5.97 Å². The molecule has 3 rings (SSSR count). The summed E-state index contributed by atoms with van der Waals surface area (Å²) in [5.41, 5.74) is 0.366. The van der Waals surface area contributed by atoms with Crippen LogP contribution in [0.4, 0.5) is 4.39 Å². The average molecular weight is 472 g/mol. The van der Waals surface area contributed by atoms with E-state index >= 15 is 0 Å². The minimum Gasteiger partial charge on any atom is -0.481 e. The van der Waals surface area contributed by atoms with E-state index in [1.54, 1.807) is 37.3 Å². The predicted octanol–water partition coefficient (Wildman–Crippen LogP) is 2.62. The van der Waals surface area contributed by atoms with Crippen LogP contribution < -0.4 is 10.0 Å². The number of amides is 2. The predicted molar refractivity (Wildman–Crippen MR) is 119 cm³/mol. The molecule has 3 aromatic rings. The van der Waals surface area contributed by atoms with Crippen molar-refractivity contribution in [1.29, 1.82) is 0 Å². The number of nitrogens with one attached hydrogen (secondary N) is 2. The van der Waals surface area contributed by atoms with Crippen LogP contribution >= 0.6 is 0 Å². The van der Waals surface area contributed by atoms with Gasteiger partial charge in [0.25, 0.3) is 5.91 Å². The van der Waals surface area contributed by atoms with Crippen molar-refractivity contribution in [3.05, 3.63) is 77.6 Å². The highest BCUT2D eigenvalue weighted by molar-refractivity contribution is 7.89. The number of carboxylic acids is 1. The molecule has 0 bridgehead atoms. The Labute approximate surface area is 189 Å². The highest BCUT2D eigenvalue weighted by atomic mass is 32.2. The summed E-state index contributed by atoms with van der Waals surface area (Å²) < 4.78 is 41.4. The maximum atomic E-state index is 13.6. The largest absolute Gasteiger partial charge is 0.481 e. The van der Waals surface area contributed by atoms with E-state index in [9.17, 15) is 27.2 Å². The molecule has 33 heavy (non-hydrogen) atoms. The Morgan fingerprint density at radius 2 is 1.70 bits per heavy atom. The summed E-state index contributed by atoms with van der Waals surface area (Å²) >= 11 is 0. The number of carboxylic acid groups (broad SMARTS) is 1. The maximum absolute atomic E-state index is 13.6. The number of aliphatic carboxylic acids is 1. The van der Waals surface area contributed by atoms with Crippen LogP contribution in [-0.4, -0.2) is 37.3 Å². The Hall–Kier alpha value is -3.63. The van der Waals surface area contributed by atoms with Gasteiger partial charge in [-0.25, -0.2) is 12.8 Å². The molecule has 0 aromatic heterocycles. The van der Waals surface area contributed by atoms with Crippen molar-refractivity contribution in [2.24, 2.45) is 0 Å². The lowest BCUT2D eigenvalue weighted by Crippen LogP contribution is -2.49. The Morgan fingerprint density at radius 1 is 1.00 bits per heavy atom. The SMILES string of the molecule is CCc1ccc(F)cc1C(=O)NC(=O)[C@H](CC(=O)O)NS(=O)(=O)c1ccc2ccccc2c1. The Kier molecular flexibility index (Phi) is 7.19. The fourth-order valence-electron chi connectivity index (χ4n) is 3.29. The van der Waals surface area contributed by atoms with Gasteiger partial charge in [-0.2, -0.15) is 4.72 Å². The van der Waals surface area contributed by atoms with Crippen LogP contribution in [0.3, 0.4) is 0 Å². The fourth-order valence-corrected chi connectivity index (χ4v) is 4.52. The van der Waals surface area contributed by atoms with E-state index in [0.29, 0.717) is 17.4 Å². The molecule has 172 valence electrons. The van der Waals surface area contributed by atoms with Crippen molar-refractivity contribution >= 4 is 38.6 Å². The van der Waals surface area contributed by atoms with Gasteiger partial charge in [0.1, 0.15) is 11.9 Å². The molecule has 0 saturated carbocycles. The van der Waals surface area contributed by atoms with Crippen LogP contribution in [0, 0.1) is 5.82 Å². The van der Waals surface area contributed by atoms with Crippen molar-refractivity contribution in [3.63, 3.8) is 0 Å². The molecule has 3 aromatic carbocycles. The highest BCUT2D eigenvalue weighted by Gasteiger charge is 2.29. The lowest BCUT2D eigenvalue weighted by molar-refractivity contribution is -0.139. The minimum atomic E-state index is -4.31. The molecular formula is C23H21FN2O6S. The van der Waals surface area contributed by atoms with E-state index in [-0.39, 0.29) is 10.5 Å². The first-order chi connectivity index (χ1) is 15.6. The van der Waals surface area contributed by atoms with Crippen LogP contribution in [0.5, 0.6) is 0 Å². The summed E-state index contributed by atoms with van der Waals surface area (Å²) in [6.07, 6.45) is -0.528. The second-order valence-corrected chi connectivity index (χ2v) is 8.97. The number of benzene rings is 3. The van der Waals surface area contributed by atoms with Crippen molar-refractivity contribution in [2.75, 3.05) is 0 Å². The molecule has 0 aliphatic carbocycles. The van der Waals surface area contributed by atoms with E-state index in [0.717, 1.165) is 11.5 Å². The normalized spacial score (nSPS) is 12.3. The first kappa shape index (κ1) is 24.0. The molecule has 0 saturated heterocycles. The molecule has 0 heterocycles. The van der Waals surface area contributed by atoms with Crippen molar-refractivity contribution in [2.45, 2.75) is 30.7 Å². The van der Waals surface area contributed by atoms with E-state index in [2.05, 4.69) is 4.72 Å². The monoisotopic (exact) mass is 472 g/mol. The zero-order chi connectivity index (χ0) is 24.2. The zero-order valence-corrected chi connectivity index (χ0v) is 18.4. The second-order valence-electron chi connectivity index (χ2n) is 7.25. The third-order valence-electron chi connectivity index (χ3n) is 4.96. The lowest BCUT2D eigenvalue weighted by Gasteiger charge is -2.17. The number of sulfonamides is 1. The number of hydrogen-bond acceptors (Lipinski definition) is 5. The summed E-state index contributed by atoms with van der Waals surface area (Å²) in [4.78, 5) is 36.3. The maximum Gasteiger partial charge on any atom is 0.305 e. The Morgan fingerprint density at radius 3 is 2.36 bits per heavy atom. The zero-order valence-electron chi connectivity index (χ0n) is 17.5. The number of aryl methyl sites for hydroxylation is 1. The molecular weight excluding hydrogens is 451 g/mol. The summed E-state index contributed by atoms with van der Waals surface area (Å²) in [6.45, 7) is 1.73. The van der Waals surface area contributed by atoms with Gasteiger partial charge in [-0.05, 0) is 47.0 Å². The van der Waals surface area contributed by atoms with Crippen LogP contribution in [-0.2, 0) is 26.0 Å². The van der Waals surface area contributed by atoms with Gasteiger partial charge in [0.05, 0.1) is 11.3 Å². The molecule has 0 unspecified atom stereocenters. The minimum absolute atomic E-state index is 0.0997. The summed E-state index contributed by atoms with van der Waals surface area (Å²) in [5.74, 6) is -4.28. The number of fused-ring (bicyclic) bond motifs is 1. The second kappa shape index (κ2) is 9.88. The molecule has 3 N–H and O–H groups in total. The first-order valence-corrected chi connectivity index (χ1v) is 11.5. The molecule has 0 radical (unpaired) electrons. The standard InChI is InChI=1S/C23H21FN2O6S/c1-2-14-7-9-17(24)12-19(14)22(29)25-23(30)20(13-21(27)28)26-33(31,32)18-10-8-15-5-3-4-6-16(15)11-18/h3-12,20,26H,2,13H2,1H3,(H,27,28)(H,25,29,30)/t20-/m0/s1. The van der Waals surface area contributed by atoms with E-state index in [1.165, 1.54) is 24.3 Å². The van der Waals surface area contributed by atoms with Gasteiger partial charge in [0.15, 0.2) is 0 Å². The average Bonchev–Trinajstić information content (AvgIpc) is 2.77. The van der Waals surface area contributed by atoms with Crippen LogP contribution in [0.1, 0.15) is 29.3 Å². The van der Waals surface area contributed by atoms with Gasteiger partial charge in [0, 0.05) is 5.56 Å². The van der Waals surface area contributed by atoms with Gasteiger partial charge < -0.3 is 5.11 Å². The van der Waals surface area contributed by atoms with E-state index < -0.39 is 46.1 Å². The molecule has 0 fully saturated rings. The van der Waals surface area contributed by atoms with Gasteiger partial charge in [0.2, 0.25) is 15.9 Å². The number of carbonyl (C=O) groups is 3. The quantitative estimate of drug-likeness (QED) is 0.462. The summed E-state index contributed by atoms with van der Waals surface area (Å²) in [5, 5.41) is 12.6. The molecule has 8 nitrogen and oxygen atoms in total. The van der Waals surface area contributed by atoms with Gasteiger partial charge in [-0.3, -0.25) is 19.7 Å². The number of rotatable bonds is 8. The van der Waals surface area contributed by atoms with Gasteiger partial charge in [-0.15, -0.1) is 0 Å². The third kappa shape index (κ3) is 5.79. The van der Waals surface area contributed by atoms with Crippen LogP contribution in [0.2, 0.25) is 0 Å². The number of imide groups is 1. The van der Waals surface area contributed by atoms with Crippen molar-refractivity contribution in [1.82, 2.24) is 10.0 Å². The van der Waals surface area contributed by atoms with E-state index in [1.807, 2.05) is 5.32 Å². The molecule has 10 heteroatoms. The molecule has 1 atom stereocenters. The first-order valence-electron chi connectivity index (χ1n) is 9.97. The molecule has 0 spiro atoms. The van der Waals surface area contributed by atoms with Crippen LogP contribution in [0.15, 0.2) is 65.6 Å². The van der Waals surface area contributed by atoms with E-state index in [4.69, 9.17) is 5.11 Å². The summed E-state index contributed by atoms with van der Waals surface area (Å²) in [7, 11) is -4.31. The molecule has 0 aliphatic heterocycles. The van der Waals surface area contributed by atoms with Crippen molar-refractivity contribution < 1.29 is 32.3 Å². The summed E-state index contributed by atoms with van der Waals surface area (Å²) in [6, 6.07) is 13.1. The smallest absolute Gasteiger partial charge is 0.305 e. The highest BCUT2D eigenvalue weighted by Crippen LogP contribution is 2.19. The lowest BCUT2D eigenvalue weighted by atomic mass is 10.0. The Bertz CT molecular complexity index is 1340. The number of hydrogen-bond donors (Lipinski definition) is 3. The van der Waals surface area contributed by atoms with Gasteiger partial charge in [-0.1, -0.05) is 43.3 Å². The fraction of sp³-hybridized carbons (Fsp3) is 0.174. The number of carbonyl (C=O) groups excluding carboxylic acids is 2. The van der Waals surface area contributed by atoms with Crippen LogP contribution in [0.25, 0.3) is 10.8 Å². The molecule has 0 aliphatic rings. The number of halogens is 1. The van der Waals surface area contributed by atoms with Crippen molar-refractivity contribution in [3.8, 4) is 0 Å². The third-order valence-corrected chi connectivity index (χ3v) is 6.43.